The van der Waals surface area contributed by atoms with Crippen LogP contribution in [0.3, 0.4) is 0 Å². The van der Waals surface area contributed by atoms with E-state index in [9.17, 15) is 4.79 Å². The first-order valence-corrected chi connectivity index (χ1v) is 6.86. The van der Waals surface area contributed by atoms with Gasteiger partial charge in [0.05, 0.1) is 23.5 Å². The molecule has 2 atom stereocenters. The van der Waals surface area contributed by atoms with E-state index in [1.54, 1.807) is 7.11 Å². The molecule has 1 aromatic heterocycles. The monoisotopic (exact) mass is 295 g/mol. The maximum Gasteiger partial charge on any atom is 0.219 e. The Hall–Kier alpha value is -1.75. The number of carbonyl (C=O) groups excluding carboxylic acids is 1. The smallest absolute Gasteiger partial charge is 0.219 e. The quantitative estimate of drug-likeness (QED) is 0.862. The number of primary amides is 1. The van der Waals surface area contributed by atoms with Gasteiger partial charge in [-0.2, -0.15) is 0 Å². The number of amides is 1. The molecule has 0 bridgehead atoms. The third kappa shape index (κ3) is 2.72. The zero-order valence-electron chi connectivity index (χ0n) is 11.8. The molecule has 0 fully saturated rings. The Balaban J connectivity index is 2.62. The number of carbonyl (C=O) groups is 1. The van der Waals surface area contributed by atoms with E-state index in [0.29, 0.717) is 0 Å². The molecule has 0 saturated heterocycles. The molecule has 0 aliphatic heterocycles. The number of aromatic nitrogens is 2. The second kappa shape index (κ2) is 5.71. The number of hydrogen-bond donors (Lipinski definition) is 1. The van der Waals surface area contributed by atoms with Gasteiger partial charge in [0.2, 0.25) is 5.91 Å². The second-order valence-electron chi connectivity index (χ2n) is 4.83. The number of hydrogen-bond acceptors (Lipinski definition) is 3. The Morgan fingerprint density at radius 1 is 1.50 bits per heavy atom. The maximum absolute atomic E-state index is 11.2. The number of nitrogens with two attached hydrogens (primary N) is 1. The van der Waals surface area contributed by atoms with E-state index in [0.717, 1.165) is 22.6 Å². The Morgan fingerprint density at radius 2 is 2.20 bits per heavy atom. The molecule has 2 aromatic rings. The minimum Gasteiger partial charge on any atom is -0.497 e. The van der Waals surface area contributed by atoms with Crippen LogP contribution in [0.4, 0.5) is 0 Å². The van der Waals surface area contributed by atoms with E-state index >= 15 is 0 Å². The van der Waals surface area contributed by atoms with Crippen LogP contribution in [0, 0.1) is 0 Å². The topological polar surface area (TPSA) is 70.1 Å². The highest BCUT2D eigenvalue weighted by molar-refractivity contribution is 6.20. The van der Waals surface area contributed by atoms with Crippen molar-refractivity contribution in [3.05, 3.63) is 24.0 Å². The highest BCUT2D eigenvalue weighted by Gasteiger charge is 2.20. The molecule has 2 unspecified atom stereocenters. The molecule has 1 heterocycles. The van der Waals surface area contributed by atoms with E-state index < -0.39 is 0 Å². The van der Waals surface area contributed by atoms with Gasteiger partial charge < -0.3 is 15.0 Å². The van der Waals surface area contributed by atoms with Crippen molar-refractivity contribution < 1.29 is 9.53 Å². The third-order valence-corrected chi connectivity index (χ3v) is 3.41. The summed E-state index contributed by atoms with van der Waals surface area (Å²) >= 11 is 6.20. The minimum absolute atomic E-state index is 0.110. The Bertz CT molecular complexity index is 637. The normalized spacial score (nSPS) is 14.2. The predicted molar refractivity (Wildman–Crippen MR) is 79.1 cm³/mol. The number of imidazole rings is 1. The van der Waals surface area contributed by atoms with Crippen molar-refractivity contribution in [1.82, 2.24) is 9.55 Å². The molecule has 1 aromatic carbocycles. The molecular formula is C14H18ClN3O2. The fraction of sp³-hybridized carbons (Fsp3) is 0.429. The molecule has 5 nitrogen and oxygen atoms in total. The van der Waals surface area contributed by atoms with Crippen LogP contribution in [-0.2, 0) is 4.79 Å². The molecule has 0 spiro atoms. The molecule has 6 heteroatoms. The SMILES string of the molecule is COc1ccc2nc(C(C)Cl)n(C(C)CC(N)=O)c2c1. The average molecular weight is 296 g/mol. The summed E-state index contributed by atoms with van der Waals surface area (Å²) in [7, 11) is 1.61. The Morgan fingerprint density at radius 3 is 2.75 bits per heavy atom. The highest BCUT2D eigenvalue weighted by atomic mass is 35.5. The van der Waals surface area contributed by atoms with Crippen molar-refractivity contribution in [1.29, 1.82) is 0 Å². The summed E-state index contributed by atoms with van der Waals surface area (Å²) in [6.45, 7) is 3.78. The summed E-state index contributed by atoms with van der Waals surface area (Å²) in [5.74, 6) is 1.11. The second-order valence-corrected chi connectivity index (χ2v) is 5.48. The fourth-order valence-electron chi connectivity index (χ4n) is 2.34. The number of rotatable bonds is 5. The summed E-state index contributed by atoms with van der Waals surface area (Å²) in [5.41, 5.74) is 7.01. The van der Waals surface area contributed by atoms with Crippen molar-refractivity contribution >= 4 is 28.5 Å². The molecule has 0 saturated carbocycles. The van der Waals surface area contributed by atoms with Gasteiger partial charge in [-0.05, 0) is 26.0 Å². The van der Waals surface area contributed by atoms with E-state index in [1.165, 1.54) is 0 Å². The lowest BCUT2D eigenvalue weighted by atomic mass is 10.2. The van der Waals surface area contributed by atoms with Crippen molar-refractivity contribution in [3.63, 3.8) is 0 Å². The number of methoxy groups -OCH3 is 1. The molecule has 108 valence electrons. The zero-order chi connectivity index (χ0) is 14.9. The highest BCUT2D eigenvalue weighted by Crippen LogP contribution is 2.31. The number of benzene rings is 1. The number of ether oxygens (including phenoxy) is 1. The summed E-state index contributed by atoms with van der Waals surface area (Å²) in [6.07, 6.45) is 0.235. The lowest BCUT2D eigenvalue weighted by Crippen LogP contribution is -2.19. The lowest BCUT2D eigenvalue weighted by Gasteiger charge is -2.17. The van der Waals surface area contributed by atoms with Gasteiger partial charge in [-0.1, -0.05) is 0 Å². The Kier molecular flexibility index (Phi) is 4.18. The first kappa shape index (κ1) is 14.7. The summed E-state index contributed by atoms with van der Waals surface area (Å²) < 4.78 is 7.20. The third-order valence-electron chi connectivity index (χ3n) is 3.22. The molecular weight excluding hydrogens is 278 g/mol. The van der Waals surface area contributed by atoms with Crippen LogP contribution in [0.2, 0.25) is 0 Å². The van der Waals surface area contributed by atoms with E-state index in [2.05, 4.69) is 4.98 Å². The minimum atomic E-state index is -0.351. The van der Waals surface area contributed by atoms with Crippen molar-refractivity contribution in [3.8, 4) is 5.75 Å². The average Bonchev–Trinajstić information content (AvgIpc) is 2.76. The van der Waals surface area contributed by atoms with Crippen molar-refractivity contribution in [2.45, 2.75) is 31.7 Å². The first-order chi connectivity index (χ1) is 9.43. The summed E-state index contributed by atoms with van der Waals surface area (Å²) in [6, 6.07) is 5.51. The van der Waals surface area contributed by atoms with Crippen molar-refractivity contribution in [2.24, 2.45) is 5.73 Å². The molecule has 2 rings (SSSR count). The molecule has 0 radical (unpaired) electrons. The molecule has 1 amide bonds. The van der Waals surface area contributed by atoms with Crippen LogP contribution in [0.15, 0.2) is 18.2 Å². The van der Waals surface area contributed by atoms with Gasteiger partial charge in [0.1, 0.15) is 11.6 Å². The predicted octanol–water partition coefficient (Wildman–Crippen LogP) is 2.78. The van der Waals surface area contributed by atoms with Gasteiger partial charge in [0, 0.05) is 18.5 Å². The first-order valence-electron chi connectivity index (χ1n) is 6.42. The van der Waals surface area contributed by atoms with Crippen LogP contribution >= 0.6 is 11.6 Å². The van der Waals surface area contributed by atoms with Crippen molar-refractivity contribution in [2.75, 3.05) is 7.11 Å². The lowest BCUT2D eigenvalue weighted by molar-refractivity contribution is -0.118. The van der Waals surface area contributed by atoms with Crippen LogP contribution in [0.5, 0.6) is 5.75 Å². The van der Waals surface area contributed by atoms with Gasteiger partial charge in [-0.15, -0.1) is 11.6 Å². The standard InChI is InChI=1S/C14H18ClN3O2/c1-8(6-13(16)19)18-12-7-10(20-3)4-5-11(12)17-14(18)9(2)15/h4-5,7-9H,6H2,1-3H3,(H2,16,19). The van der Waals surface area contributed by atoms with Gasteiger partial charge in [-0.3, -0.25) is 4.79 Å². The van der Waals surface area contributed by atoms with Gasteiger partial charge in [0.25, 0.3) is 0 Å². The van der Waals surface area contributed by atoms with E-state index in [-0.39, 0.29) is 23.7 Å². The number of alkyl halides is 1. The number of halogens is 1. The van der Waals surface area contributed by atoms with E-state index in [1.807, 2.05) is 36.6 Å². The molecule has 20 heavy (non-hydrogen) atoms. The van der Waals surface area contributed by atoms with Gasteiger partial charge in [-0.25, -0.2) is 4.98 Å². The summed E-state index contributed by atoms with van der Waals surface area (Å²) in [4.78, 5) is 15.7. The maximum atomic E-state index is 11.2. The molecule has 0 aliphatic rings. The fourth-order valence-corrected chi connectivity index (χ4v) is 2.50. The van der Waals surface area contributed by atoms with Crippen LogP contribution in [-0.4, -0.2) is 22.6 Å². The number of fused-ring (bicyclic) bond motifs is 1. The van der Waals surface area contributed by atoms with Gasteiger partial charge in [0.15, 0.2) is 0 Å². The molecule has 0 aliphatic carbocycles. The largest absolute Gasteiger partial charge is 0.497 e. The molecule has 2 N–H and O–H groups in total. The zero-order valence-corrected chi connectivity index (χ0v) is 12.5. The number of nitrogens with zero attached hydrogens (tertiary/aromatic N) is 2. The summed E-state index contributed by atoms with van der Waals surface area (Å²) in [5, 5.41) is -0.260. The van der Waals surface area contributed by atoms with Crippen LogP contribution in [0.25, 0.3) is 11.0 Å². The Labute approximate surface area is 122 Å². The van der Waals surface area contributed by atoms with Crippen LogP contribution < -0.4 is 10.5 Å². The van der Waals surface area contributed by atoms with E-state index in [4.69, 9.17) is 22.1 Å². The van der Waals surface area contributed by atoms with Crippen LogP contribution in [0.1, 0.15) is 37.5 Å². The van der Waals surface area contributed by atoms with Gasteiger partial charge >= 0.3 is 0 Å².